The van der Waals surface area contributed by atoms with Crippen LogP contribution in [0.25, 0.3) is 0 Å². The third kappa shape index (κ3) is 3.56. The Balaban J connectivity index is 2.56. The van der Waals surface area contributed by atoms with Gasteiger partial charge in [-0.25, -0.2) is 0 Å². The minimum Gasteiger partial charge on any atom is -0.320 e. The summed E-state index contributed by atoms with van der Waals surface area (Å²) in [5.41, 5.74) is 0. The van der Waals surface area contributed by atoms with E-state index >= 15 is 0 Å². The van der Waals surface area contributed by atoms with E-state index in [0.717, 1.165) is 0 Å². The summed E-state index contributed by atoms with van der Waals surface area (Å²) in [4.78, 5) is 4.35. The van der Waals surface area contributed by atoms with Crippen molar-refractivity contribution in [2.45, 2.75) is 0 Å². The van der Waals surface area contributed by atoms with E-state index in [1.165, 1.54) is 12.1 Å². The third-order valence-corrected chi connectivity index (χ3v) is 1.34. The molecule has 0 heterocycles. The summed E-state index contributed by atoms with van der Waals surface area (Å²) in [6, 6.07) is 8.14. The first kappa shape index (κ1) is 9.31. The maximum absolute atomic E-state index is 10.2. The molecule has 0 fully saturated rings. The first-order valence-electron chi connectivity index (χ1n) is 2.94. The highest BCUT2D eigenvalue weighted by molar-refractivity contribution is 8.09. The lowest BCUT2D eigenvalue weighted by atomic mass is 10.3. The van der Waals surface area contributed by atoms with Crippen LogP contribution < -0.4 is 4.89 Å². The van der Waals surface area contributed by atoms with Crippen LogP contribution in [0, 0.1) is 0 Å². The van der Waals surface area contributed by atoms with Gasteiger partial charge < -0.3 is 4.89 Å². The highest BCUT2D eigenvalue weighted by Crippen LogP contribution is 2.11. The van der Waals surface area contributed by atoms with E-state index in [2.05, 4.69) is 9.22 Å². The molecule has 0 atom stereocenters. The van der Waals surface area contributed by atoms with Crippen LogP contribution in [0.5, 0.6) is 5.75 Å². The molecule has 0 saturated carbocycles. The number of hydrogen-bond acceptors (Lipinski definition) is 4. The molecule has 0 saturated heterocycles. The van der Waals surface area contributed by atoms with Gasteiger partial charge in [-0.1, -0.05) is 18.2 Å². The molecule has 6 heteroatoms. The van der Waals surface area contributed by atoms with Gasteiger partial charge in [-0.2, -0.15) is 8.42 Å². The van der Waals surface area contributed by atoms with Gasteiger partial charge in [0.25, 0.3) is 0 Å². The molecule has 12 heavy (non-hydrogen) atoms. The van der Waals surface area contributed by atoms with Gasteiger partial charge in [-0.15, -0.1) is 0 Å². The van der Waals surface area contributed by atoms with E-state index in [1.54, 1.807) is 18.2 Å². The van der Waals surface area contributed by atoms with Crippen molar-refractivity contribution in [3.63, 3.8) is 0 Å². The third-order valence-electron chi connectivity index (χ3n) is 0.955. The summed E-state index contributed by atoms with van der Waals surface area (Å²) in [5, 5.41) is 0. The SMILES string of the molecule is O=S(=O)(Cl)OOc1ccccc1. The second kappa shape index (κ2) is 3.75. The molecule has 0 N–H and O–H groups in total. The highest BCUT2D eigenvalue weighted by atomic mass is 35.7. The van der Waals surface area contributed by atoms with Crippen molar-refractivity contribution in [1.29, 1.82) is 0 Å². The highest BCUT2D eigenvalue weighted by Gasteiger charge is 2.06. The van der Waals surface area contributed by atoms with Gasteiger partial charge in [-0.05, 0) is 16.5 Å². The molecule has 0 bridgehead atoms. The molecule has 0 aromatic heterocycles. The van der Waals surface area contributed by atoms with E-state index in [-0.39, 0.29) is 5.75 Å². The van der Waals surface area contributed by atoms with Gasteiger partial charge in [-0.3, -0.25) is 0 Å². The predicted molar refractivity (Wildman–Crippen MR) is 42.9 cm³/mol. The molecule has 0 aliphatic heterocycles. The van der Waals surface area contributed by atoms with Crippen molar-refractivity contribution >= 4 is 20.0 Å². The van der Waals surface area contributed by atoms with E-state index in [4.69, 9.17) is 10.7 Å². The topological polar surface area (TPSA) is 52.6 Å². The zero-order chi connectivity index (χ0) is 9.03. The average molecular weight is 209 g/mol. The zero-order valence-corrected chi connectivity index (χ0v) is 7.38. The molecule has 0 radical (unpaired) electrons. The predicted octanol–water partition coefficient (Wildman–Crippen LogP) is 1.48. The lowest BCUT2D eigenvalue weighted by molar-refractivity contribution is -0.0893. The Hall–Kier alpha value is -0.780. The van der Waals surface area contributed by atoms with Crippen LogP contribution in [0.4, 0.5) is 0 Å². The lowest BCUT2D eigenvalue weighted by Crippen LogP contribution is -2.01. The van der Waals surface area contributed by atoms with Crippen LogP contribution in [0.2, 0.25) is 0 Å². The molecular weight excluding hydrogens is 204 g/mol. The van der Waals surface area contributed by atoms with E-state index in [0.29, 0.717) is 0 Å². The van der Waals surface area contributed by atoms with Crippen LogP contribution >= 0.6 is 10.7 Å². The molecule has 0 spiro atoms. The van der Waals surface area contributed by atoms with Crippen molar-refractivity contribution in [2.75, 3.05) is 0 Å². The Morgan fingerprint density at radius 3 is 2.25 bits per heavy atom. The molecule has 1 aromatic rings. The second-order valence-corrected chi connectivity index (χ2v) is 3.91. The fraction of sp³-hybridized carbons (Fsp3) is 0. The molecule has 4 nitrogen and oxygen atoms in total. The molecule has 0 amide bonds. The van der Waals surface area contributed by atoms with Gasteiger partial charge in [0.05, 0.1) is 10.7 Å². The van der Waals surface area contributed by atoms with E-state index in [1.807, 2.05) is 0 Å². The van der Waals surface area contributed by atoms with Crippen LogP contribution in [0.15, 0.2) is 30.3 Å². The quantitative estimate of drug-likeness (QED) is 0.429. The van der Waals surface area contributed by atoms with Gasteiger partial charge >= 0.3 is 9.33 Å². The number of benzene rings is 1. The van der Waals surface area contributed by atoms with Crippen molar-refractivity contribution in [2.24, 2.45) is 0 Å². The van der Waals surface area contributed by atoms with Crippen molar-refractivity contribution in [3.8, 4) is 5.75 Å². The largest absolute Gasteiger partial charge is 0.390 e. The summed E-state index contributed by atoms with van der Waals surface area (Å²) in [6.07, 6.45) is 0. The van der Waals surface area contributed by atoms with E-state index < -0.39 is 9.33 Å². The number of para-hydroxylation sites is 1. The molecule has 1 aromatic carbocycles. The Labute approximate surface area is 74.2 Å². The summed E-state index contributed by atoms with van der Waals surface area (Å²) in [7, 11) is 0.636. The number of halogens is 1. The molecule has 0 aliphatic rings. The van der Waals surface area contributed by atoms with Gasteiger partial charge in [0.2, 0.25) is 0 Å². The number of hydrogen-bond donors (Lipinski definition) is 0. The molecule has 66 valence electrons. The summed E-state index contributed by atoms with van der Waals surface area (Å²) < 4.78 is 24.3. The standard InChI is InChI=1S/C6H5ClO4S/c7-12(8,9)11-10-6-4-2-1-3-5-6/h1-5H. The zero-order valence-electron chi connectivity index (χ0n) is 5.81. The maximum Gasteiger partial charge on any atom is 0.390 e. The van der Waals surface area contributed by atoms with Gasteiger partial charge in [0.1, 0.15) is 0 Å². The summed E-state index contributed by atoms with van der Waals surface area (Å²) in [6.45, 7) is 0. The van der Waals surface area contributed by atoms with Crippen LogP contribution in [0.3, 0.4) is 0 Å². The first-order valence-corrected chi connectivity index (χ1v) is 5.17. The van der Waals surface area contributed by atoms with Crippen LogP contribution in [-0.4, -0.2) is 8.42 Å². The van der Waals surface area contributed by atoms with Crippen LogP contribution in [0.1, 0.15) is 0 Å². The maximum atomic E-state index is 10.2. The van der Waals surface area contributed by atoms with Crippen molar-refractivity contribution < 1.29 is 17.6 Å². The fourth-order valence-electron chi connectivity index (χ4n) is 0.556. The van der Waals surface area contributed by atoms with Gasteiger partial charge in [0, 0.05) is 0 Å². The smallest absolute Gasteiger partial charge is 0.320 e. The second-order valence-electron chi connectivity index (χ2n) is 1.86. The van der Waals surface area contributed by atoms with Gasteiger partial charge in [0.15, 0.2) is 5.75 Å². The lowest BCUT2D eigenvalue weighted by Gasteiger charge is -1.98. The Morgan fingerprint density at radius 1 is 1.17 bits per heavy atom. The molecule has 0 aliphatic carbocycles. The Bertz CT molecular complexity index is 334. The van der Waals surface area contributed by atoms with Crippen LogP contribution in [-0.2, 0) is 13.7 Å². The average Bonchev–Trinajstić information content (AvgIpc) is 2.02. The Kier molecular flexibility index (Phi) is 2.91. The number of rotatable bonds is 3. The monoisotopic (exact) mass is 208 g/mol. The minimum atomic E-state index is -4.07. The normalized spacial score (nSPS) is 11.1. The summed E-state index contributed by atoms with van der Waals surface area (Å²) >= 11 is 0. The van der Waals surface area contributed by atoms with Crippen molar-refractivity contribution in [1.82, 2.24) is 0 Å². The fourth-order valence-corrected chi connectivity index (χ4v) is 0.793. The van der Waals surface area contributed by atoms with E-state index in [9.17, 15) is 8.42 Å². The molecule has 1 rings (SSSR count). The Morgan fingerprint density at radius 2 is 1.75 bits per heavy atom. The van der Waals surface area contributed by atoms with Crippen molar-refractivity contribution in [3.05, 3.63) is 30.3 Å². The molecular formula is C6H5ClO4S. The summed E-state index contributed by atoms with van der Waals surface area (Å²) in [5.74, 6) is 0.265. The first-order chi connectivity index (χ1) is 5.58. The minimum absolute atomic E-state index is 0.265. The molecule has 0 unspecified atom stereocenters.